The predicted molar refractivity (Wildman–Crippen MR) is 83.9 cm³/mol. The summed E-state index contributed by atoms with van der Waals surface area (Å²) in [5, 5.41) is 9.02. The molecule has 0 radical (unpaired) electrons. The van der Waals surface area contributed by atoms with Crippen LogP contribution in [-0.2, 0) is 14.3 Å². The van der Waals surface area contributed by atoms with E-state index in [2.05, 4.69) is 4.74 Å². The molecule has 0 aliphatic carbocycles. The van der Waals surface area contributed by atoms with Gasteiger partial charge in [0.1, 0.15) is 6.04 Å². The zero-order valence-corrected chi connectivity index (χ0v) is 13.5. The van der Waals surface area contributed by atoms with Crippen molar-refractivity contribution in [1.82, 2.24) is 4.90 Å². The summed E-state index contributed by atoms with van der Waals surface area (Å²) in [6.45, 7) is 1.43. The minimum absolute atomic E-state index is 0.0305. The second kappa shape index (κ2) is 6.74. The first-order chi connectivity index (χ1) is 10.9. The number of imide groups is 1. The SMILES string of the molecule is COC(=O)C(C)N1C(=O)S/C(=C/c2ccc(O)c(OC)c2)C1=O. The number of hydrogen-bond donors (Lipinski definition) is 1. The van der Waals surface area contributed by atoms with Crippen molar-refractivity contribution in [2.45, 2.75) is 13.0 Å². The summed E-state index contributed by atoms with van der Waals surface area (Å²) in [5.41, 5.74) is 0.580. The number of esters is 1. The number of hydrogen-bond acceptors (Lipinski definition) is 7. The van der Waals surface area contributed by atoms with Gasteiger partial charge in [0.05, 0.1) is 19.1 Å². The third-order valence-electron chi connectivity index (χ3n) is 3.25. The molecule has 1 N–H and O–H groups in total. The van der Waals surface area contributed by atoms with Gasteiger partial charge >= 0.3 is 5.97 Å². The van der Waals surface area contributed by atoms with E-state index < -0.39 is 23.2 Å². The van der Waals surface area contributed by atoms with Crippen LogP contribution in [0, 0.1) is 0 Å². The fourth-order valence-electron chi connectivity index (χ4n) is 2.03. The summed E-state index contributed by atoms with van der Waals surface area (Å²) in [6.07, 6.45) is 1.50. The maximum atomic E-state index is 12.3. The molecule has 2 amide bonds. The van der Waals surface area contributed by atoms with Crippen LogP contribution in [0.15, 0.2) is 23.1 Å². The maximum absolute atomic E-state index is 12.3. The third kappa shape index (κ3) is 3.31. The van der Waals surface area contributed by atoms with Gasteiger partial charge in [-0.25, -0.2) is 4.79 Å². The second-order valence-corrected chi connectivity index (χ2v) is 5.68. The number of thioether (sulfide) groups is 1. The highest BCUT2D eigenvalue weighted by atomic mass is 32.2. The molecule has 2 rings (SSSR count). The Morgan fingerprint density at radius 3 is 2.65 bits per heavy atom. The zero-order valence-electron chi connectivity index (χ0n) is 12.7. The number of carbonyl (C=O) groups is 3. The van der Waals surface area contributed by atoms with Crippen molar-refractivity contribution in [3.05, 3.63) is 28.7 Å². The molecule has 8 heteroatoms. The number of amides is 2. The number of carbonyl (C=O) groups excluding carboxylic acids is 3. The van der Waals surface area contributed by atoms with Crippen LogP contribution < -0.4 is 4.74 Å². The Morgan fingerprint density at radius 2 is 2.04 bits per heavy atom. The van der Waals surface area contributed by atoms with E-state index >= 15 is 0 Å². The highest BCUT2D eigenvalue weighted by Crippen LogP contribution is 2.35. The fourth-order valence-corrected chi connectivity index (χ4v) is 2.93. The van der Waals surface area contributed by atoms with Crippen molar-refractivity contribution >= 4 is 35.0 Å². The Morgan fingerprint density at radius 1 is 1.35 bits per heavy atom. The molecule has 1 saturated heterocycles. The Hall–Kier alpha value is -2.48. The average molecular weight is 337 g/mol. The fraction of sp³-hybridized carbons (Fsp3) is 0.267. The summed E-state index contributed by atoms with van der Waals surface area (Å²) in [7, 11) is 2.60. The predicted octanol–water partition coefficient (Wildman–Crippen LogP) is 2.00. The molecule has 1 unspecified atom stereocenters. The van der Waals surface area contributed by atoms with Crippen molar-refractivity contribution in [2.75, 3.05) is 14.2 Å². The smallest absolute Gasteiger partial charge is 0.328 e. The van der Waals surface area contributed by atoms with Crippen LogP contribution in [-0.4, -0.2) is 47.4 Å². The lowest BCUT2D eigenvalue weighted by atomic mass is 10.2. The molecular weight excluding hydrogens is 322 g/mol. The third-order valence-corrected chi connectivity index (χ3v) is 4.14. The van der Waals surface area contributed by atoms with E-state index in [0.717, 1.165) is 16.7 Å². The highest BCUT2D eigenvalue weighted by Gasteiger charge is 2.41. The van der Waals surface area contributed by atoms with Crippen molar-refractivity contribution < 1.29 is 29.0 Å². The molecule has 1 atom stereocenters. The van der Waals surface area contributed by atoms with Gasteiger partial charge in [-0.2, -0.15) is 0 Å². The largest absolute Gasteiger partial charge is 0.504 e. The summed E-state index contributed by atoms with van der Waals surface area (Å²) in [5.74, 6) is -1.01. The van der Waals surface area contributed by atoms with Crippen LogP contribution in [0.1, 0.15) is 12.5 Å². The number of benzene rings is 1. The molecule has 122 valence electrons. The first-order valence-corrected chi connectivity index (χ1v) is 7.42. The van der Waals surface area contributed by atoms with Gasteiger partial charge in [-0.15, -0.1) is 0 Å². The standard InChI is InChI=1S/C15H15NO6S/c1-8(14(19)22-3)16-13(18)12(23-15(16)20)7-9-4-5-10(17)11(6-9)21-2/h4-8,17H,1-3H3/b12-7+. The summed E-state index contributed by atoms with van der Waals surface area (Å²) >= 11 is 0.738. The van der Waals surface area contributed by atoms with Gasteiger partial charge in [-0.05, 0) is 42.5 Å². The number of phenols is 1. The molecule has 0 saturated carbocycles. The molecule has 1 aliphatic rings. The number of phenolic OH excluding ortho intramolecular Hbond substituents is 1. The van der Waals surface area contributed by atoms with Gasteiger partial charge in [-0.3, -0.25) is 14.5 Å². The van der Waals surface area contributed by atoms with E-state index in [4.69, 9.17) is 4.74 Å². The molecule has 23 heavy (non-hydrogen) atoms. The van der Waals surface area contributed by atoms with E-state index in [1.54, 1.807) is 6.07 Å². The number of rotatable bonds is 4. The van der Waals surface area contributed by atoms with Gasteiger partial charge in [-0.1, -0.05) is 6.07 Å². The van der Waals surface area contributed by atoms with E-state index in [0.29, 0.717) is 5.56 Å². The second-order valence-electron chi connectivity index (χ2n) is 4.68. The summed E-state index contributed by atoms with van der Waals surface area (Å²) < 4.78 is 9.55. The molecule has 1 fully saturated rings. The van der Waals surface area contributed by atoms with E-state index in [-0.39, 0.29) is 16.4 Å². The zero-order chi connectivity index (χ0) is 17.1. The van der Waals surface area contributed by atoms with Crippen LogP contribution in [0.4, 0.5) is 4.79 Å². The minimum Gasteiger partial charge on any atom is -0.504 e. The monoisotopic (exact) mass is 337 g/mol. The molecule has 1 aromatic rings. The summed E-state index contributed by atoms with van der Waals surface area (Å²) in [4.78, 5) is 36.9. The van der Waals surface area contributed by atoms with Gasteiger partial charge < -0.3 is 14.6 Å². The number of ether oxygens (including phenoxy) is 2. The van der Waals surface area contributed by atoms with Crippen LogP contribution in [0.3, 0.4) is 0 Å². The molecule has 0 spiro atoms. The maximum Gasteiger partial charge on any atom is 0.328 e. The van der Waals surface area contributed by atoms with E-state index in [1.807, 2.05) is 0 Å². The molecule has 1 heterocycles. The number of aromatic hydroxyl groups is 1. The first-order valence-electron chi connectivity index (χ1n) is 6.61. The van der Waals surface area contributed by atoms with E-state index in [9.17, 15) is 19.5 Å². The normalized spacial score (nSPS) is 17.5. The van der Waals surface area contributed by atoms with Gasteiger partial charge in [0.25, 0.3) is 11.1 Å². The van der Waals surface area contributed by atoms with Gasteiger partial charge in [0, 0.05) is 0 Å². The van der Waals surface area contributed by atoms with E-state index in [1.165, 1.54) is 39.4 Å². The molecule has 7 nitrogen and oxygen atoms in total. The Bertz CT molecular complexity index is 699. The Kier molecular flexibility index (Phi) is 4.95. The summed E-state index contributed by atoms with van der Waals surface area (Å²) in [6, 6.07) is 3.54. The Balaban J connectivity index is 2.30. The number of methoxy groups -OCH3 is 2. The molecular formula is C15H15NO6S. The van der Waals surface area contributed by atoms with Gasteiger partial charge in [0.15, 0.2) is 11.5 Å². The molecule has 0 aromatic heterocycles. The van der Waals surface area contributed by atoms with Crippen molar-refractivity contribution in [3.63, 3.8) is 0 Å². The molecule has 1 aromatic carbocycles. The lowest BCUT2D eigenvalue weighted by Gasteiger charge is -2.18. The highest BCUT2D eigenvalue weighted by molar-refractivity contribution is 8.18. The van der Waals surface area contributed by atoms with Crippen LogP contribution >= 0.6 is 11.8 Å². The van der Waals surface area contributed by atoms with Crippen molar-refractivity contribution in [2.24, 2.45) is 0 Å². The first kappa shape index (κ1) is 16.9. The van der Waals surface area contributed by atoms with Gasteiger partial charge in [0.2, 0.25) is 0 Å². The molecule has 1 aliphatic heterocycles. The average Bonchev–Trinajstić information content (AvgIpc) is 2.81. The number of nitrogens with zero attached hydrogens (tertiary/aromatic N) is 1. The Labute approximate surface area is 136 Å². The minimum atomic E-state index is -0.993. The topological polar surface area (TPSA) is 93.1 Å². The van der Waals surface area contributed by atoms with Crippen LogP contribution in [0.25, 0.3) is 6.08 Å². The quantitative estimate of drug-likeness (QED) is 0.663. The lowest BCUT2D eigenvalue weighted by molar-refractivity contribution is -0.148. The van der Waals surface area contributed by atoms with Crippen molar-refractivity contribution in [1.29, 1.82) is 0 Å². The lowest BCUT2D eigenvalue weighted by Crippen LogP contribution is -2.42. The van der Waals surface area contributed by atoms with Crippen LogP contribution in [0.5, 0.6) is 11.5 Å². The molecule has 0 bridgehead atoms. The van der Waals surface area contributed by atoms with Crippen molar-refractivity contribution in [3.8, 4) is 11.5 Å². The van der Waals surface area contributed by atoms with Crippen LogP contribution in [0.2, 0.25) is 0 Å².